The monoisotopic (exact) mass is 406 g/mol. The molecule has 1 N–H and O–H groups in total. The number of rotatable bonds is 3. The van der Waals surface area contributed by atoms with Crippen molar-refractivity contribution in [2.75, 3.05) is 19.6 Å². The van der Waals surface area contributed by atoms with E-state index >= 15 is 0 Å². The molecule has 0 saturated carbocycles. The Bertz CT molecular complexity index is 973. The molecular weight excluding hydrogens is 376 g/mol. The van der Waals surface area contributed by atoms with Gasteiger partial charge in [-0.1, -0.05) is 36.8 Å². The van der Waals surface area contributed by atoms with Crippen LogP contribution in [0.1, 0.15) is 47.4 Å². The summed E-state index contributed by atoms with van der Waals surface area (Å²) in [6.07, 6.45) is 7.42. The first-order valence-corrected chi connectivity index (χ1v) is 11.2. The first kappa shape index (κ1) is 19.5. The second-order valence-corrected chi connectivity index (χ2v) is 9.24. The topological polar surface area (TPSA) is 69.3 Å². The van der Waals surface area contributed by atoms with Crippen molar-refractivity contribution in [1.82, 2.24) is 19.8 Å². The molecule has 0 radical (unpaired) electrons. The summed E-state index contributed by atoms with van der Waals surface area (Å²) in [5.74, 6) is 1.31. The fraction of sp³-hybridized carbons (Fsp3) is 0.542. The minimum atomic E-state index is -0.330. The van der Waals surface area contributed by atoms with E-state index < -0.39 is 0 Å². The molecule has 3 saturated heterocycles. The number of carbonyl (C=O) groups is 1. The molecule has 1 aromatic carbocycles. The van der Waals surface area contributed by atoms with Gasteiger partial charge in [-0.3, -0.25) is 14.5 Å². The maximum atomic E-state index is 13.2. The van der Waals surface area contributed by atoms with Crippen LogP contribution >= 0.6 is 0 Å². The Labute approximate surface area is 177 Å². The van der Waals surface area contributed by atoms with Gasteiger partial charge in [-0.25, -0.2) is 4.98 Å². The van der Waals surface area contributed by atoms with E-state index in [0.717, 1.165) is 19.5 Å². The molecule has 2 bridgehead atoms. The Hall–Kier alpha value is -2.47. The quantitative estimate of drug-likeness (QED) is 0.851. The fourth-order valence-corrected chi connectivity index (χ4v) is 6.02. The minimum absolute atomic E-state index is 0.166. The Kier molecular flexibility index (Phi) is 5.19. The maximum Gasteiger partial charge on any atom is 0.263 e. The highest BCUT2D eigenvalue weighted by Gasteiger charge is 2.48. The molecule has 0 unspecified atom stereocenters. The van der Waals surface area contributed by atoms with E-state index in [9.17, 15) is 9.59 Å². The molecular formula is C24H30N4O2. The SMILES string of the molecule is Cc1ncc(C(=O)N2C[C@H]3C[C@@H](C2)[C@H](Cc2ccccc2)N2CCCC[C@@H]32)c(=O)[nH]1. The van der Waals surface area contributed by atoms with Gasteiger partial charge >= 0.3 is 0 Å². The first-order valence-electron chi connectivity index (χ1n) is 11.2. The maximum absolute atomic E-state index is 13.2. The van der Waals surface area contributed by atoms with Crippen LogP contribution in [0.5, 0.6) is 0 Å². The number of amides is 1. The van der Waals surface area contributed by atoms with Crippen molar-refractivity contribution in [3.63, 3.8) is 0 Å². The summed E-state index contributed by atoms with van der Waals surface area (Å²) >= 11 is 0. The third-order valence-corrected chi connectivity index (χ3v) is 7.35. The van der Waals surface area contributed by atoms with Crippen LogP contribution in [0.4, 0.5) is 0 Å². The van der Waals surface area contributed by atoms with Gasteiger partial charge in [-0.05, 0) is 56.6 Å². The lowest BCUT2D eigenvalue weighted by Crippen LogP contribution is -2.64. The number of fused-ring (bicyclic) bond motifs is 4. The van der Waals surface area contributed by atoms with Gasteiger partial charge in [-0.15, -0.1) is 0 Å². The van der Waals surface area contributed by atoms with Gasteiger partial charge in [0.25, 0.3) is 11.5 Å². The van der Waals surface area contributed by atoms with Gasteiger partial charge in [0.05, 0.1) is 0 Å². The molecule has 3 aliphatic heterocycles. The molecule has 5 rings (SSSR count). The Morgan fingerprint density at radius 3 is 2.77 bits per heavy atom. The predicted octanol–water partition coefficient (Wildman–Crippen LogP) is 2.64. The van der Waals surface area contributed by atoms with Crippen LogP contribution in [0.2, 0.25) is 0 Å². The molecule has 4 heterocycles. The summed E-state index contributed by atoms with van der Waals surface area (Å²) in [6.45, 7) is 4.38. The lowest BCUT2D eigenvalue weighted by Gasteiger charge is -2.57. The smallest absolute Gasteiger partial charge is 0.263 e. The van der Waals surface area contributed by atoms with Crippen LogP contribution in [0.15, 0.2) is 41.3 Å². The van der Waals surface area contributed by atoms with Gasteiger partial charge in [0.2, 0.25) is 0 Å². The van der Waals surface area contributed by atoms with E-state index in [0.29, 0.717) is 29.7 Å². The van der Waals surface area contributed by atoms with E-state index in [1.165, 1.54) is 44.0 Å². The van der Waals surface area contributed by atoms with Crippen LogP contribution in [0, 0.1) is 18.8 Å². The predicted molar refractivity (Wildman–Crippen MR) is 115 cm³/mol. The normalized spacial score (nSPS) is 28.8. The summed E-state index contributed by atoms with van der Waals surface area (Å²) < 4.78 is 0. The molecule has 6 heteroatoms. The number of piperidine rings is 3. The number of benzene rings is 1. The molecule has 1 amide bonds. The van der Waals surface area contributed by atoms with Gasteiger partial charge in [-0.2, -0.15) is 0 Å². The second kappa shape index (κ2) is 7.99. The Balaban J connectivity index is 1.42. The number of H-pyrrole nitrogens is 1. The highest BCUT2D eigenvalue weighted by atomic mass is 16.2. The molecule has 4 atom stereocenters. The third-order valence-electron chi connectivity index (χ3n) is 7.35. The van der Waals surface area contributed by atoms with E-state index in [4.69, 9.17) is 0 Å². The lowest BCUT2D eigenvalue weighted by atomic mass is 9.71. The van der Waals surface area contributed by atoms with Crippen LogP contribution in [-0.2, 0) is 6.42 Å². The molecule has 1 aromatic heterocycles. The van der Waals surface area contributed by atoms with E-state index in [2.05, 4.69) is 45.2 Å². The summed E-state index contributed by atoms with van der Waals surface area (Å²) in [5, 5.41) is 0. The first-order chi connectivity index (χ1) is 14.6. The average molecular weight is 407 g/mol. The lowest BCUT2D eigenvalue weighted by molar-refractivity contribution is -0.0642. The summed E-state index contributed by atoms with van der Waals surface area (Å²) in [6, 6.07) is 11.7. The number of carbonyl (C=O) groups excluding carboxylic acids is 1. The Morgan fingerprint density at radius 2 is 1.97 bits per heavy atom. The zero-order chi connectivity index (χ0) is 20.7. The highest BCUT2D eigenvalue weighted by molar-refractivity contribution is 5.93. The number of hydrogen-bond acceptors (Lipinski definition) is 4. The number of aryl methyl sites for hydroxylation is 1. The van der Waals surface area contributed by atoms with Gasteiger partial charge in [0, 0.05) is 31.4 Å². The fourth-order valence-electron chi connectivity index (χ4n) is 6.02. The molecule has 3 aliphatic rings. The molecule has 2 aromatic rings. The number of aromatic amines is 1. The van der Waals surface area contributed by atoms with Crippen LogP contribution in [0.3, 0.4) is 0 Å². The minimum Gasteiger partial charge on any atom is -0.338 e. The van der Waals surface area contributed by atoms with E-state index in [1.807, 2.05) is 4.90 Å². The molecule has 0 aliphatic carbocycles. The van der Waals surface area contributed by atoms with Crippen molar-refractivity contribution in [2.24, 2.45) is 11.8 Å². The van der Waals surface area contributed by atoms with Crippen LogP contribution in [0.25, 0.3) is 0 Å². The average Bonchev–Trinajstić information content (AvgIpc) is 2.77. The molecule has 158 valence electrons. The summed E-state index contributed by atoms with van der Waals surface area (Å²) in [5.41, 5.74) is 1.21. The van der Waals surface area contributed by atoms with Crippen molar-refractivity contribution in [3.05, 3.63) is 63.8 Å². The van der Waals surface area contributed by atoms with Crippen molar-refractivity contribution in [2.45, 2.75) is 51.1 Å². The van der Waals surface area contributed by atoms with E-state index in [-0.39, 0.29) is 17.0 Å². The number of aromatic nitrogens is 2. The van der Waals surface area contributed by atoms with Gasteiger partial charge in [0.1, 0.15) is 11.4 Å². The second-order valence-electron chi connectivity index (χ2n) is 9.24. The zero-order valence-corrected chi connectivity index (χ0v) is 17.6. The Morgan fingerprint density at radius 1 is 1.17 bits per heavy atom. The summed E-state index contributed by atoms with van der Waals surface area (Å²) in [7, 11) is 0. The molecule has 30 heavy (non-hydrogen) atoms. The number of nitrogens with zero attached hydrogens (tertiary/aromatic N) is 3. The number of hydrogen-bond donors (Lipinski definition) is 1. The van der Waals surface area contributed by atoms with Crippen LogP contribution < -0.4 is 5.56 Å². The molecule has 6 nitrogen and oxygen atoms in total. The largest absolute Gasteiger partial charge is 0.338 e. The van der Waals surface area contributed by atoms with E-state index in [1.54, 1.807) is 6.92 Å². The zero-order valence-electron chi connectivity index (χ0n) is 17.6. The summed E-state index contributed by atoms with van der Waals surface area (Å²) in [4.78, 5) is 37.1. The third kappa shape index (κ3) is 3.58. The van der Waals surface area contributed by atoms with Gasteiger partial charge < -0.3 is 9.88 Å². The highest BCUT2D eigenvalue weighted by Crippen LogP contribution is 2.42. The van der Waals surface area contributed by atoms with Crippen molar-refractivity contribution in [1.29, 1.82) is 0 Å². The van der Waals surface area contributed by atoms with Crippen molar-refractivity contribution in [3.8, 4) is 0 Å². The van der Waals surface area contributed by atoms with Crippen molar-refractivity contribution < 1.29 is 4.79 Å². The van der Waals surface area contributed by atoms with Crippen LogP contribution in [-0.4, -0.2) is 57.4 Å². The molecule has 3 fully saturated rings. The standard InChI is InChI=1S/C24H30N4O2/c1-16-25-13-20(23(29)26-16)24(30)27-14-18-12-19(15-27)22(11-17-7-3-2-4-8-17)28-10-6-5-9-21(18)28/h2-4,7-8,13,18-19,21-22H,5-6,9-12,14-15H2,1H3,(H,25,26,29)/t18-,19+,21+,22+/m1/s1. The van der Waals surface area contributed by atoms with Crippen molar-refractivity contribution >= 4 is 5.91 Å². The number of nitrogens with one attached hydrogen (secondary N) is 1. The molecule has 0 spiro atoms. The number of likely N-dealkylation sites (tertiary alicyclic amines) is 1. The van der Waals surface area contributed by atoms with Gasteiger partial charge in [0.15, 0.2) is 0 Å².